The van der Waals surface area contributed by atoms with Crippen LogP contribution in [0.3, 0.4) is 0 Å². The Morgan fingerprint density at radius 1 is 1.30 bits per heavy atom. The predicted octanol–water partition coefficient (Wildman–Crippen LogP) is 3.50. The first kappa shape index (κ1) is 14.9. The van der Waals surface area contributed by atoms with Crippen LogP contribution in [-0.4, -0.2) is 18.0 Å². The van der Waals surface area contributed by atoms with Crippen LogP contribution in [0, 0.1) is 0 Å². The van der Waals surface area contributed by atoms with Crippen molar-refractivity contribution < 1.29 is 4.79 Å². The highest BCUT2D eigenvalue weighted by Gasteiger charge is 2.19. The maximum absolute atomic E-state index is 12.2. The van der Waals surface area contributed by atoms with Crippen molar-refractivity contribution >= 4 is 11.6 Å². The molecule has 1 unspecified atom stereocenters. The monoisotopic (exact) mass is 274 g/mol. The molecule has 0 bridgehead atoms. The molecule has 0 heterocycles. The van der Waals surface area contributed by atoms with E-state index >= 15 is 0 Å². The molecule has 0 spiro atoms. The minimum absolute atomic E-state index is 0.110. The Kier molecular flexibility index (Phi) is 5.45. The van der Waals surface area contributed by atoms with Crippen molar-refractivity contribution in [2.24, 2.45) is 0 Å². The van der Waals surface area contributed by atoms with E-state index in [0.717, 1.165) is 24.9 Å². The van der Waals surface area contributed by atoms with E-state index in [1.165, 1.54) is 24.8 Å². The van der Waals surface area contributed by atoms with Gasteiger partial charge in [0.25, 0.3) is 0 Å². The van der Waals surface area contributed by atoms with Gasteiger partial charge in [-0.25, -0.2) is 0 Å². The van der Waals surface area contributed by atoms with E-state index < -0.39 is 0 Å². The summed E-state index contributed by atoms with van der Waals surface area (Å²) in [6.07, 6.45) is 7.06. The van der Waals surface area contributed by atoms with Crippen molar-refractivity contribution in [1.29, 1.82) is 0 Å². The SMILES string of the molecule is CCc1cccc(NC(C)C(=O)NC2CCCCC2)c1. The minimum atomic E-state index is -0.191. The third kappa shape index (κ3) is 4.26. The lowest BCUT2D eigenvalue weighted by molar-refractivity contribution is -0.122. The number of nitrogens with one attached hydrogen (secondary N) is 2. The van der Waals surface area contributed by atoms with E-state index in [1.807, 2.05) is 19.1 Å². The molecule has 3 heteroatoms. The Morgan fingerprint density at radius 2 is 2.05 bits per heavy atom. The van der Waals surface area contributed by atoms with Crippen LogP contribution in [0.15, 0.2) is 24.3 Å². The first-order chi connectivity index (χ1) is 9.69. The third-order valence-corrected chi connectivity index (χ3v) is 4.06. The average molecular weight is 274 g/mol. The number of hydrogen-bond donors (Lipinski definition) is 2. The highest BCUT2D eigenvalue weighted by atomic mass is 16.2. The zero-order chi connectivity index (χ0) is 14.4. The Balaban J connectivity index is 1.86. The van der Waals surface area contributed by atoms with Crippen LogP contribution in [0.4, 0.5) is 5.69 Å². The zero-order valence-electron chi connectivity index (χ0n) is 12.6. The molecular weight excluding hydrogens is 248 g/mol. The summed E-state index contributed by atoms with van der Waals surface area (Å²) in [7, 11) is 0. The molecule has 0 radical (unpaired) electrons. The molecule has 1 aromatic rings. The predicted molar refractivity (Wildman–Crippen MR) is 83.9 cm³/mol. The number of amides is 1. The van der Waals surface area contributed by atoms with Crippen molar-refractivity contribution in [1.82, 2.24) is 5.32 Å². The highest BCUT2D eigenvalue weighted by molar-refractivity contribution is 5.84. The molecular formula is C17H26N2O. The van der Waals surface area contributed by atoms with E-state index in [-0.39, 0.29) is 11.9 Å². The minimum Gasteiger partial charge on any atom is -0.374 e. The molecule has 110 valence electrons. The van der Waals surface area contributed by atoms with Crippen LogP contribution in [0.2, 0.25) is 0 Å². The first-order valence-corrected chi connectivity index (χ1v) is 7.85. The molecule has 0 aromatic heterocycles. The fourth-order valence-corrected chi connectivity index (χ4v) is 2.77. The second kappa shape index (κ2) is 7.32. The number of aryl methyl sites for hydroxylation is 1. The molecule has 0 saturated heterocycles. The van der Waals surface area contributed by atoms with Gasteiger partial charge in [0, 0.05) is 11.7 Å². The van der Waals surface area contributed by atoms with Gasteiger partial charge in [-0.3, -0.25) is 4.79 Å². The van der Waals surface area contributed by atoms with E-state index in [9.17, 15) is 4.79 Å². The van der Waals surface area contributed by atoms with E-state index in [4.69, 9.17) is 0 Å². The van der Waals surface area contributed by atoms with Gasteiger partial charge in [0.05, 0.1) is 0 Å². The highest BCUT2D eigenvalue weighted by Crippen LogP contribution is 2.18. The molecule has 1 aromatic carbocycles. The number of anilines is 1. The Bertz CT molecular complexity index is 438. The zero-order valence-corrected chi connectivity index (χ0v) is 12.6. The van der Waals surface area contributed by atoms with Gasteiger partial charge in [0.2, 0.25) is 5.91 Å². The molecule has 1 atom stereocenters. The van der Waals surface area contributed by atoms with Crippen LogP contribution >= 0.6 is 0 Å². The maximum atomic E-state index is 12.2. The molecule has 1 fully saturated rings. The number of rotatable bonds is 5. The summed E-state index contributed by atoms with van der Waals surface area (Å²) in [4.78, 5) is 12.2. The number of hydrogen-bond acceptors (Lipinski definition) is 2. The van der Waals surface area contributed by atoms with Gasteiger partial charge in [-0.1, -0.05) is 38.3 Å². The van der Waals surface area contributed by atoms with Gasteiger partial charge in [0.1, 0.15) is 6.04 Å². The quantitative estimate of drug-likeness (QED) is 0.863. The van der Waals surface area contributed by atoms with Gasteiger partial charge >= 0.3 is 0 Å². The van der Waals surface area contributed by atoms with Crippen LogP contribution in [0.5, 0.6) is 0 Å². The lowest BCUT2D eigenvalue weighted by Gasteiger charge is -2.25. The normalized spacial score (nSPS) is 17.5. The molecule has 1 aliphatic carbocycles. The maximum Gasteiger partial charge on any atom is 0.242 e. The lowest BCUT2D eigenvalue weighted by Crippen LogP contribution is -2.44. The molecule has 1 aliphatic rings. The van der Waals surface area contributed by atoms with Gasteiger partial charge in [-0.15, -0.1) is 0 Å². The van der Waals surface area contributed by atoms with Gasteiger partial charge in [-0.2, -0.15) is 0 Å². The van der Waals surface area contributed by atoms with Crippen LogP contribution < -0.4 is 10.6 Å². The number of benzene rings is 1. The summed E-state index contributed by atoms with van der Waals surface area (Å²) in [5.41, 5.74) is 2.31. The second-order valence-electron chi connectivity index (χ2n) is 5.76. The van der Waals surface area contributed by atoms with Crippen molar-refractivity contribution in [2.75, 3.05) is 5.32 Å². The van der Waals surface area contributed by atoms with Crippen molar-refractivity contribution in [3.8, 4) is 0 Å². The fraction of sp³-hybridized carbons (Fsp3) is 0.588. The van der Waals surface area contributed by atoms with Crippen molar-refractivity contribution in [2.45, 2.75) is 64.5 Å². The van der Waals surface area contributed by atoms with Gasteiger partial charge in [-0.05, 0) is 43.9 Å². The van der Waals surface area contributed by atoms with Gasteiger partial charge < -0.3 is 10.6 Å². The summed E-state index contributed by atoms with van der Waals surface area (Å²) in [6.45, 7) is 4.06. The van der Waals surface area contributed by atoms with Gasteiger partial charge in [0.15, 0.2) is 0 Å². The second-order valence-corrected chi connectivity index (χ2v) is 5.76. The van der Waals surface area contributed by atoms with E-state index in [0.29, 0.717) is 6.04 Å². The largest absolute Gasteiger partial charge is 0.374 e. The Labute approximate surface area is 122 Å². The summed E-state index contributed by atoms with van der Waals surface area (Å²) in [5, 5.41) is 6.46. The number of carbonyl (C=O) groups excluding carboxylic acids is 1. The molecule has 1 amide bonds. The molecule has 20 heavy (non-hydrogen) atoms. The Morgan fingerprint density at radius 3 is 2.75 bits per heavy atom. The Hall–Kier alpha value is -1.51. The van der Waals surface area contributed by atoms with E-state index in [2.05, 4.69) is 29.7 Å². The van der Waals surface area contributed by atoms with Crippen LogP contribution in [0.25, 0.3) is 0 Å². The topological polar surface area (TPSA) is 41.1 Å². The molecule has 3 nitrogen and oxygen atoms in total. The van der Waals surface area contributed by atoms with Crippen LogP contribution in [0.1, 0.15) is 51.5 Å². The average Bonchev–Trinajstić information content (AvgIpc) is 2.48. The summed E-state index contributed by atoms with van der Waals surface area (Å²) in [6, 6.07) is 8.46. The molecule has 2 N–H and O–H groups in total. The molecule has 0 aliphatic heterocycles. The standard InChI is InChI=1S/C17H26N2O/c1-3-14-8-7-11-16(12-14)18-13(2)17(20)19-15-9-5-4-6-10-15/h7-8,11-13,15,18H,3-6,9-10H2,1-2H3,(H,19,20). The fourth-order valence-electron chi connectivity index (χ4n) is 2.77. The lowest BCUT2D eigenvalue weighted by atomic mass is 9.95. The van der Waals surface area contributed by atoms with Crippen LogP contribution in [-0.2, 0) is 11.2 Å². The summed E-state index contributed by atoms with van der Waals surface area (Å²) >= 11 is 0. The smallest absolute Gasteiger partial charge is 0.242 e. The van der Waals surface area contributed by atoms with E-state index in [1.54, 1.807) is 0 Å². The first-order valence-electron chi connectivity index (χ1n) is 7.85. The van der Waals surface area contributed by atoms with Crippen molar-refractivity contribution in [3.63, 3.8) is 0 Å². The van der Waals surface area contributed by atoms with Crippen molar-refractivity contribution in [3.05, 3.63) is 29.8 Å². The molecule has 1 saturated carbocycles. The summed E-state index contributed by atoms with van der Waals surface area (Å²) < 4.78 is 0. The third-order valence-electron chi connectivity index (χ3n) is 4.06. The summed E-state index contributed by atoms with van der Waals surface area (Å²) in [5.74, 6) is 0.110. The number of carbonyl (C=O) groups is 1. The molecule has 2 rings (SSSR count).